The van der Waals surface area contributed by atoms with Crippen LogP contribution >= 0.6 is 0 Å². The molecule has 0 fully saturated rings. The van der Waals surface area contributed by atoms with E-state index in [2.05, 4.69) is 0 Å². The molecule has 0 spiro atoms. The molecule has 5 heteroatoms. The monoisotopic (exact) mass is 318 g/mol. The molecule has 0 bridgehead atoms. The van der Waals surface area contributed by atoms with Crippen molar-refractivity contribution in [2.45, 2.75) is 18.7 Å². The van der Waals surface area contributed by atoms with E-state index in [1.54, 1.807) is 0 Å². The summed E-state index contributed by atoms with van der Waals surface area (Å²) in [6.07, 6.45) is 0. The van der Waals surface area contributed by atoms with Gasteiger partial charge in [-0.15, -0.1) is 0 Å². The molecule has 0 N–H and O–H groups in total. The van der Waals surface area contributed by atoms with Crippen LogP contribution < -0.4 is 4.74 Å². The normalized spacial score (nSPS) is 11.2. The number of sulfone groups is 1. The Kier molecular flexibility index (Phi) is 4.98. The van der Waals surface area contributed by atoms with Crippen molar-refractivity contribution in [3.63, 3.8) is 0 Å². The molecule has 2 aromatic carbocycles. The summed E-state index contributed by atoms with van der Waals surface area (Å²) in [6.45, 7) is 3.50. The maximum Gasteiger partial charge on any atom is 0.181 e. The number of benzene rings is 2. The third-order valence-electron chi connectivity index (χ3n) is 3.26. The van der Waals surface area contributed by atoms with Crippen molar-refractivity contribution >= 4 is 15.6 Å². The largest absolute Gasteiger partial charge is 0.493 e. The van der Waals surface area contributed by atoms with Crippen LogP contribution in [-0.2, 0) is 9.84 Å². The van der Waals surface area contributed by atoms with Crippen molar-refractivity contribution in [2.24, 2.45) is 0 Å². The van der Waals surface area contributed by atoms with E-state index in [9.17, 15) is 13.2 Å². The Morgan fingerprint density at radius 3 is 2.14 bits per heavy atom. The fourth-order valence-corrected chi connectivity index (χ4v) is 3.01. The molecule has 0 heterocycles. The SMILES string of the molecule is CC(=O)c1ccc(S(=O)(=O)CCOc2ccc(C)cc2)cc1. The van der Waals surface area contributed by atoms with Crippen LogP contribution in [-0.4, -0.2) is 26.6 Å². The molecular formula is C17H18O4S. The van der Waals surface area contributed by atoms with Gasteiger partial charge in [0.1, 0.15) is 12.4 Å². The quantitative estimate of drug-likeness (QED) is 0.768. The van der Waals surface area contributed by atoms with Crippen LogP contribution in [0.25, 0.3) is 0 Å². The van der Waals surface area contributed by atoms with Gasteiger partial charge in [0.15, 0.2) is 15.6 Å². The first-order valence-corrected chi connectivity index (χ1v) is 8.57. The van der Waals surface area contributed by atoms with Gasteiger partial charge in [0.2, 0.25) is 0 Å². The Bertz CT molecular complexity index is 744. The first-order valence-electron chi connectivity index (χ1n) is 6.92. The molecule has 0 aliphatic rings. The molecule has 0 aromatic heterocycles. The first kappa shape index (κ1) is 16.2. The van der Waals surface area contributed by atoms with E-state index in [0.717, 1.165) is 5.56 Å². The molecule has 0 unspecified atom stereocenters. The average molecular weight is 318 g/mol. The van der Waals surface area contributed by atoms with Gasteiger partial charge in [0.05, 0.1) is 10.6 Å². The summed E-state index contributed by atoms with van der Waals surface area (Å²) in [7, 11) is -3.42. The zero-order chi connectivity index (χ0) is 16.2. The second kappa shape index (κ2) is 6.75. The van der Waals surface area contributed by atoms with E-state index in [0.29, 0.717) is 11.3 Å². The minimum Gasteiger partial charge on any atom is -0.493 e. The molecule has 0 amide bonds. The maximum absolute atomic E-state index is 12.2. The van der Waals surface area contributed by atoms with Gasteiger partial charge in [-0.05, 0) is 38.1 Å². The van der Waals surface area contributed by atoms with Gasteiger partial charge in [-0.1, -0.05) is 29.8 Å². The highest BCUT2D eigenvalue weighted by Crippen LogP contribution is 2.15. The molecule has 0 radical (unpaired) electrons. The van der Waals surface area contributed by atoms with Crippen molar-refractivity contribution < 1.29 is 17.9 Å². The lowest BCUT2D eigenvalue weighted by atomic mass is 10.2. The van der Waals surface area contributed by atoms with Crippen LogP contribution in [0, 0.1) is 6.92 Å². The van der Waals surface area contributed by atoms with Gasteiger partial charge in [-0.2, -0.15) is 0 Å². The van der Waals surface area contributed by atoms with E-state index in [-0.39, 0.29) is 23.0 Å². The first-order chi connectivity index (χ1) is 10.4. The fourth-order valence-electron chi connectivity index (χ4n) is 1.92. The number of rotatable bonds is 6. The predicted molar refractivity (Wildman–Crippen MR) is 85.2 cm³/mol. The summed E-state index contributed by atoms with van der Waals surface area (Å²) in [5.41, 5.74) is 1.61. The molecule has 116 valence electrons. The van der Waals surface area contributed by atoms with E-state index >= 15 is 0 Å². The number of carbonyl (C=O) groups excluding carboxylic acids is 1. The molecule has 0 saturated carbocycles. The number of hydrogen-bond acceptors (Lipinski definition) is 4. The van der Waals surface area contributed by atoms with Crippen LogP contribution in [0.15, 0.2) is 53.4 Å². The van der Waals surface area contributed by atoms with E-state index in [1.165, 1.54) is 31.2 Å². The number of ketones is 1. The Morgan fingerprint density at radius 1 is 1.00 bits per heavy atom. The van der Waals surface area contributed by atoms with Crippen LogP contribution in [0.2, 0.25) is 0 Å². The zero-order valence-electron chi connectivity index (χ0n) is 12.6. The lowest BCUT2D eigenvalue weighted by Crippen LogP contribution is -2.14. The van der Waals surface area contributed by atoms with Gasteiger partial charge in [-0.3, -0.25) is 4.79 Å². The average Bonchev–Trinajstić information content (AvgIpc) is 2.49. The Hall–Kier alpha value is -2.14. The van der Waals surface area contributed by atoms with Crippen molar-refractivity contribution in [3.05, 3.63) is 59.7 Å². The summed E-state index contributed by atoms with van der Waals surface area (Å²) in [5, 5.41) is 0. The number of hydrogen-bond donors (Lipinski definition) is 0. The fraction of sp³-hybridized carbons (Fsp3) is 0.235. The highest BCUT2D eigenvalue weighted by Gasteiger charge is 2.15. The minimum atomic E-state index is -3.42. The van der Waals surface area contributed by atoms with Crippen LogP contribution in [0.1, 0.15) is 22.8 Å². The lowest BCUT2D eigenvalue weighted by Gasteiger charge is -2.08. The molecule has 0 atom stereocenters. The van der Waals surface area contributed by atoms with Crippen molar-refractivity contribution in [2.75, 3.05) is 12.4 Å². The third-order valence-corrected chi connectivity index (χ3v) is 4.96. The molecule has 0 aliphatic carbocycles. The Labute approximate surface area is 130 Å². The lowest BCUT2D eigenvalue weighted by molar-refractivity contribution is 0.101. The highest BCUT2D eigenvalue weighted by molar-refractivity contribution is 7.91. The summed E-state index contributed by atoms with van der Waals surface area (Å²) in [6, 6.07) is 13.4. The predicted octanol–water partition coefficient (Wildman–Crippen LogP) is 3.05. The topological polar surface area (TPSA) is 60.4 Å². The summed E-state index contributed by atoms with van der Waals surface area (Å²) in [4.78, 5) is 11.4. The van der Waals surface area contributed by atoms with E-state index in [4.69, 9.17) is 4.74 Å². The number of Topliss-reactive ketones (excluding diaryl/α,β-unsaturated/α-hetero) is 1. The molecule has 4 nitrogen and oxygen atoms in total. The highest BCUT2D eigenvalue weighted by atomic mass is 32.2. The zero-order valence-corrected chi connectivity index (χ0v) is 13.4. The third kappa shape index (κ3) is 4.18. The van der Waals surface area contributed by atoms with Crippen molar-refractivity contribution in [1.29, 1.82) is 0 Å². The summed E-state index contributed by atoms with van der Waals surface area (Å²) >= 11 is 0. The molecule has 0 saturated heterocycles. The van der Waals surface area contributed by atoms with Crippen LogP contribution in [0.3, 0.4) is 0 Å². The summed E-state index contributed by atoms with van der Waals surface area (Å²) < 4.78 is 29.8. The van der Waals surface area contributed by atoms with Crippen molar-refractivity contribution in [1.82, 2.24) is 0 Å². The second-order valence-corrected chi connectivity index (χ2v) is 7.17. The number of aryl methyl sites for hydroxylation is 1. The molecule has 0 aliphatic heterocycles. The molecule has 2 aromatic rings. The standard InChI is InChI=1S/C17H18O4S/c1-13-3-7-16(8-4-13)21-11-12-22(19,20)17-9-5-15(6-10-17)14(2)18/h3-10H,11-12H2,1-2H3. The summed E-state index contributed by atoms with van der Waals surface area (Å²) in [5.74, 6) is 0.444. The van der Waals surface area contributed by atoms with Gasteiger partial charge >= 0.3 is 0 Å². The maximum atomic E-state index is 12.2. The van der Waals surface area contributed by atoms with Gasteiger partial charge in [-0.25, -0.2) is 8.42 Å². The van der Waals surface area contributed by atoms with Crippen LogP contribution in [0.5, 0.6) is 5.75 Å². The van der Waals surface area contributed by atoms with E-state index < -0.39 is 9.84 Å². The minimum absolute atomic E-state index is 0.0832. The van der Waals surface area contributed by atoms with E-state index in [1.807, 2.05) is 31.2 Å². The van der Waals surface area contributed by atoms with Gasteiger partial charge < -0.3 is 4.74 Å². The number of carbonyl (C=O) groups is 1. The van der Waals surface area contributed by atoms with Gasteiger partial charge in [0.25, 0.3) is 0 Å². The van der Waals surface area contributed by atoms with Gasteiger partial charge in [0, 0.05) is 5.56 Å². The van der Waals surface area contributed by atoms with Crippen LogP contribution in [0.4, 0.5) is 0 Å². The Morgan fingerprint density at radius 2 is 1.59 bits per heavy atom. The molecular weight excluding hydrogens is 300 g/mol. The second-order valence-electron chi connectivity index (χ2n) is 5.06. The Balaban J connectivity index is 1.98. The smallest absolute Gasteiger partial charge is 0.181 e. The molecule has 2 rings (SSSR count). The molecule has 22 heavy (non-hydrogen) atoms. The number of ether oxygens (including phenoxy) is 1. The van der Waals surface area contributed by atoms with Crippen molar-refractivity contribution in [3.8, 4) is 5.75 Å².